The smallest absolute Gasteiger partial charge is 0.306 e. The van der Waals surface area contributed by atoms with Gasteiger partial charge in [0.05, 0.1) is 6.04 Å². The van der Waals surface area contributed by atoms with Crippen LogP contribution in [0.5, 0.6) is 0 Å². The first-order valence-corrected chi connectivity index (χ1v) is 19.6. The molecule has 1 heterocycles. The summed E-state index contributed by atoms with van der Waals surface area (Å²) in [6.07, 6.45) is 9.55. The highest BCUT2D eigenvalue weighted by Crippen LogP contribution is 2.30. The Balaban J connectivity index is 2.26. The Labute approximate surface area is 301 Å². The van der Waals surface area contributed by atoms with Gasteiger partial charge < -0.3 is 23.8 Å². The van der Waals surface area contributed by atoms with Crippen LogP contribution in [-0.2, 0) is 42.9 Å². The minimum atomic E-state index is -1.03. The van der Waals surface area contributed by atoms with Crippen molar-refractivity contribution in [2.45, 2.75) is 188 Å². The average Bonchev–Trinajstić information content (AvgIpc) is 3.05. The van der Waals surface area contributed by atoms with Crippen LogP contribution in [-0.4, -0.2) is 96.2 Å². The molecular formula is C39H68N2O9. The molecule has 2 fully saturated rings. The second-order valence-electron chi connectivity index (χ2n) is 15.1. The number of likely N-dealkylation sites (tertiary alicyclic amines) is 1. The molecule has 2 rings (SSSR count). The molecule has 0 N–H and O–H groups in total. The summed E-state index contributed by atoms with van der Waals surface area (Å²) in [5.74, 6) is -1.46. The molecule has 1 saturated heterocycles. The van der Waals surface area contributed by atoms with Crippen LogP contribution in [0, 0.1) is 5.41 Å². The lowest BCUT2D eigenvalue weighted by atomic mass is 9.89. The fraction of sp³-hybridized carbons (Fsp3) is 0.872. The second kappa shape index (κ2) is 23.0. The maximum absolute atomic E-state index is 13.4. The Morgan fingerprint density at radius 2 is 1.18 bits per heavy atom. The van der Waals surface area contributed by atoms with Gasteiger partial charge in [-0.1, -0.05) is 80.6 Å². The highest BCUT2D eigenvalue weighted by Gasteiger charge is 2.50. The summed E-state index contributed by atoms with van der Waals surface area (Å²) in [4.78, 5) is 68.7. The van der Waals surface area contributed by atoms with Crippen LogP contribution in [0.1, 0.15) is 158 Å². The second-order valence-corrected chi connectivity index (χ2v) is 15.1. The first-order valence-electron chi connectivity index (χ1n) is 19.6. The molecule has 1 amide bonds. The molecule has 0 aromatic heterocycles. The van der Waals surface area contributed by atoms with E-state index in [1.54, 1.807) is 0 Å². The van der Waals surface area contributed by atoms with Crippen molar-refractivity contribution in [3.63, 3.8) is 0 Å². The number of esters is 4. The summed E-state index contributed by atoms with van der Waals surface area (Å²) in [6.45, 7) is 15.0. The van der Waals surface area contributed by atoms with E-state index in [0.29, 0.717) is 38.3 Å². The van der Waals surface area contributed by atoms with Gasteiger partial charge >= 0.3 is 23.9 Å². The van der Waals surface area contributed by atoms with Crippen molar-refractivity contribution in [3.05, 3.63) is 0 Å². The third kappa shape index (κ3) is 14.9. The first kappa shape index (κ1) is 43.5. The standard InChI is InChI=1S/C39H68N2O9/c1-8-19-32(42)47-28-30-36(49-34(44)21-10-3)37(50-35(45)22-11-4)31(48-33(43)20-9-2)27-40(30)25-17-12-13-18-26-41(38(46)39(5,6)7)29-23-15-14-16-24-29/h29-31,36-37H,8-28H2,1-7H3. The van der Waals surface area contributed by atoms with Gasteiger partial charge in [-0.15, -0.1) is 0 Å². The van der Waals surface area contributed by atoms with Crippen LogP contribution < -0.4 is 0 Å². The number of hydrogen-bond donors (Lipinski definition) is 0. The van der Waals surface area contributed by atoms with E-state index in [4.69, 9.17) is 18.9 Å². The molecule has 1 saturated carbocycles. The Bertz CT molecular complexity index is 1050. The molecular weight excluding hydrogens is 640 g/mol. The summed E-state index contributed by atoms with van der Waals surface area (Å²) in [5, 5.41) is 0. The maximum Gasteiger partial charge on any atom is 0.306 e. The summed E-state index contributed by atoms with van der Waals surface area (Å²) < 4.78 is 23.6. The molecule has 4 unspecified atom stereocenters. The number of carbonyl (C=O) groups is 5. The van der Waals surface area contributed by atoms with Gasteiger partial charge in [-0.05, 0) is 57.9 Å². The van der Waals surface area contributed by atoms with E-state index < -0.39 is 47.7 Å². The highest BCUT2D eigenvalue weighted by atomic mass is 16.6. The van der Waals surface area contributed by atoms with Crippen LogP contribution >= 0.6 is 0 Å². The Kier molecular flexibility index (Phi) is 20.0. The quantitative estimate of drug-likeness (QED) is 0.0704. The predicted octanol–water partition coefficient (Wildman–Crippen LogP) is 6.92. The van der Waals surface area contributed by atoms with Gasteiger partial charge in [0.25, 0.3) is 0 Å². The van der Waals surface area contributed by atoms with Crippen LogP contribution in [0.15, 0.2) is 0 Å². The van der Waals surface area contributed by atoms with Gasteiger partial charge in [0.15, 0.2) is 18.3 Å². The normalized spacial score (nSPS) is 21.7. The van der Waals surface area contributed by atoms with Gasteiger partial charge in [-0.2, -0.15) is 0 Å². The number of carbonyl (C=O) groups excluding carboxylic acids is 5. The molecule has 11 heteroatoms. The lowest BCUT2D eigenvalue weighted by Gasteiger charge is -2.47. The van der Waals surface area contributed by atoms with Crippen LogP contribution in [0.4, 0.5) is 0 Å². The summed E-state index contributed by atoms with van der Waals surface area (Å²) >= 11 is 0. The fourth-order valence-electron chi connectivity index (χ4n) is 6.90. The van der Waals surface area contributed by atoms with Gasteiger partial charge in [0.2, 0.25) is 5.91 Å². The van der Waals surface area contributed by atoms with E-state index in [1.807, 2.05) is 48.5 Å². The molecule has 0 radical (unpaired) electrons. The Morgan fingerprint density at radius 1 is 0.660 bits per heavy atom. The molecule has 0 aromatic carbocycles. The van der Waals surface area contributed by atoms with E-state index in [0.717, 1.165) is 45.1 Å². The lowest BCUT2D eigenvalue weighted by molar-refractivity contribution is -0.210. The molecule has 2 aliphatic rings. The molecule has 0 spiro atoms. The zero-order chi connectivity index (χ0) is 37.1. The zero-order valence-electron chi connectivity index (χ0n) is 32.3. The fourth-order valence-corrected chi connectivity index (χ4v) is 6.90. The molecule has 4 atom stereocenters. The largest absolute Gasteiger partial charge is 0.464 e. The average molecular weight is 709 g/mol. The molecule has 0 aromatic rings. The third-order valence-electron chi connectivity index (χ3n) is 9.51. The SMILES string of the molecule is CCCC(=O)OCC1C(OC(=O)CCC)C(OC(=O)CCC)C(OC(=O)CCC)CN1CCCCCCN(C(=O)C(C)(C)C)C1CCCCC1. The number of hydrogen-bond acceptors (Lipinski definition) is 10. The van der Waals surface area contributed by atoms with Crippen molar-refractivity contribution >= 4 is 29.8 Å². The van der Waals surface area contributed by atoms with E-state index in [-0.39, 0.29) is 50.7 Å². The molecule has 0 bridgehead atoms. The van der Waals surface area contributed by atoms with Crippen molar-refractivity contribution in [2.75, 3.05) is 26.2 Å². The van der Waals surface area contributed by atoms with E-state index in [2.05, 4.69) is 9.80 Å². The number of piperidine rings is 1. The van der Waals surface area contributed by atoms with Crippen molar-refractivity contribution in [2.24, 2.45) is 5.41 Å². The van der Waals surface area contributed by atoms with E-state index in [9.17, 15) is 24.0 Å². The lowest BCUT2D eigenvalue weighted by Crippen LogP contribution is -2.65. The predicted molar refractivity (Wildman–Crippen MR) is 192 cm³/mol. The van der Waals surface area contributed by atoms with Crippen molar-refractivity contribution < 1.29 is 42.9 Å². The Morgan fingerprint density at radius 3 is 1.74 bits per heavy atom. The van der Waals surface area contributed by atoms with Crippen LogP contribution in [0.25, 0.3) is 0 Å². The van der Waals surface area contributed by atoms with Crippen molar-refractivity contribution in [1.82, 2.24) is 9.80 Å². The Hall–Kier alpha value is -2.69. The third-order valence-corrected chi connectivity index (χ3v) is 9.51. The summed E-state index contributed by atoms with van der Waals surface area (Å²) in [7, 11) is 0. The van der Waals surface area contributed by atoms with E-state index in [1.165, 1.54) is 19.3 Å². The number of amides is 1. The topological polar surface area (TPSA) is 129 Å². The molecule has 50 heavy (non-hydrogen) atoms. The summed E-state index contributed by atoms with van der Waals surface area (Å²) in [5.41, 5.74) is -0.418. The molecule has 1 aliphatic carbocycles. The first-order chi connectivity index (χ1) is 23.9. The van der Waals surface area contributed by atoms with Crippen LogP contribution in [0.3, 0.4) is 0 Å². The van der Waals surface area contributed by atoms with Crippen molar-refractivity contribution in [1.29, 1.82) is 0 Å². The van der Waals surface area contributed by atoms with Crippen molar-refractivity contribution in [3.8, 4) is 0 Å². The molecule has 288 valence electrons. The van der Waals surface area contributed by atoms with Gasteiger partial charge in [0.1, 0.15) is 6.61 Å². The number of rotatable bonds is 21. The van der Waals surface area contributed by atoms with Crippen LogP contribution in [0.2, 0.25) is 0 Å². The molecule has 1 aliphatic heterocycles. The number of ether oxygens (including phenoxy) is 4. The van der Waals surface area contributed by atoms with Gasteiger partial charge in [-0.25, -0.2) is 0 Å². The van der Waals surface area contributed by atoms with Gasteiger partial charge in [-0.3, -0.25) is 28.9 Å². The maximum atomic E-state index is 13.4. The van der Waals surface area contributed by atoms with E-state index >= 15 is 0 Å². The monoisotopic (exact) mass is 708 g/mol. The highest BCUT2D eigenvalue weighted by molar-refractivity contribution is 5.81. The number of nitrogens with zero attached hydrogens (tertiary/aromatic N) is 2. The molecule has 11 nitrogen and oxygen atoms in total. The van der Waals surface area contributed by atoms with Gasteiger partial charge in [0, 0.05) is 50.2 Å². The zero-order valence-corrected chi connectivity index (χ0v) is 32.3. The minimum Gasteiger partial charge on any atom is -0.464 e. The minimum absolute atomic E-state index is 0.0500. The number of unbranched alkanes of at least 4 members (excludes halogenated alkanes) is 3. The summed E-state index contributed by atoms with van der Waals surface area (Å²) in [6, 6.07) is -0.276.